The summed E-state index contributed by atoms with van der Waals surface area (Å²) in [6.07, 6.45) is 0.998. The molecule has 6 nitrogen and oxygen atoms in total. The number of hydrogen-bond donors (Lipinski definition) is 2. The Hall–Kier alpha value is -3.93. The highest BCUT2D eigenvalue weighted by Gasteiger charge is 2.19. The molecule has 0 amide bonds. The van der Waals surface area contributed by atoms with Crippen LogP contribution >= 0.6 is 0 Å². The Labute approximate surface area is 186 Å². The number of nitrogens with one attached hydrogen (secondary N) is 1. The summed E-state index contributed by atoms with van der Waals surface area (Å²) in [5, 5.41) is 16.8. The molecule has 2 atom stereocenters. The summed E-state index contributed by atoms with van der Waals surface area (Å²) in [4.78, 5) is 15.6. The second-order valence-corrected chi connectivity index (χ2v) is 7.80. The lowest BCUT2D eigenvalue weighted by molar-refractivity contribution is 0.0697. The van der Waals surface area contributed by atoms with E-state index in [1.54, 1.807) is 24.3 Å². The van der Waals surface area contributed by atoms with Crippen molar-refractivity contribution in [2.75, 3.05) is 5.32 Å². The number of carbonyl (C=O) groups is 1. The quantitative estimate of drug-likeness (QED) is 0.343. The van der Waals surface area contributed by atoms with Gasteiger partial charge in [-0.05, 0) is 47.9 Å². The zero-order valence-corrected chi connectivity index (χ0v) is 18.0. The van der Waals surface area contributed by atoms with Gasteiger partial charge >= 0.3 is 5.97 Å². The molecule has 1 aromatic heterocycles. The molecule has 0 saturated carbocycles. The first-order valence-electron chi connectivity index (χ1n) is 10.6. The van der Waals surface area contributed by atoms with Gasteiger partial charge in [-0.3, -0.25) is 0 Å². The van der Waals surface area contributed by atoms with E-state index in [1.165, 1.54) is 0 Å². The average molecular weight is 428 g/mol. The van der Waals surface area contributed by atoms with Crippen LogP contribution in [0.15, 0.2) is 83.4 Å². The van der Waals surface area contributed by atoms with Crippen molar-refractivity contribution in [2.45, 2.75) is 26.3 Å². The Morgan fingerprint density at radius 3 is 2.28 bits per heavy atom. The Balaban J connectivity index is 1.54. The summed E-state index contributed by atoms with van der Waals surface area (Å²) in [6.45, 7) is 4.36. The minimum absolute atomic E-state index is 0.0786. The molecular formula is C26H25N3O3. The van der Waals surface area contributed by atoms with Gasteiger partial charge in [-0.2, -0.15) is 4.98 Å². The van der Waals surface area contributed by atoms with Crippen molar-refractivity contribution >= 4 is 11.7 Å². The molecule has 6 heteroatoms. The van der Waals surface area contributed by atoms with Gasteiger partial charge < -0.3 is 14.9 Å². The van der Waals surface area contributed by atoms with Crippen LogP contribution in [0.1, 0.15) is 42.2 Å². The molecule has 0 radical (unpaired) electrons. The van der Waals surface area contributed by atoms with Crippen molar-refractivity contribution in [3.8, 4) is 22.8 Å². The molecule has 0 aliphatic carbocycles. The first-order valence-corrected chi connectivity index (χ1v) is 10.6. The van der Waals surface area contributed by atoms with Crippen molar-refractivity contribution in [1.29, 1.82) is 0 Å². The van der Waals surface area contributed by atoms with Crippen molar-refractivity contribution in [1.82, 2.24) is 10.1 Å². The Morgan fingerprint density at radius 2 is 1.66 bits per heavy atom. The molecule has 162 valence electrons. The van der Waals surface area contributed by atoms with E-state index in [2.05, 4.69) is 41.4 Å². The summed E-state index contributed by atoms with van der Waals surface area (Å²) in [5.74, 6) is 0.485. The maximum atomic E-state index is 11.1. The van der Waals surface area contributed by atoms with E-state index >= 15 is 0 Å². The van der Waals surface area contributed by atoms with Crippen LogP contribution in [0.25, 0.3) is 22.8 Å². The average Bonchev–Trinajstić information content (AvgIpc) is 3.33. The van der Waals surface area contributed by atoms with E-state index in [1.807, 2.05) is 42.5 Å². The molecule has 0 bridgehead atoms. The SMILES string of the molecule is CCC(C)[C@H](Nc1ccc(C(=O)O)cc1)c1ccc(-c2noc(-c3ccccc3)n2)cc1. The summed E-state index contributed by atoms with van der Waals surface area (Å²) in [7, 11) is 0. The van der Waals surface area contributed by atoms with Gasteiger partial charge in [0.1, 0.15) is 0 Å². The number of hydrogen-bond acceptors (Lipinski definition) is 5. The molecule has 3 aromatic carbocycles. The molecule has 2 N–H and O–H groups in total. The highest BCUT2D eigenvalue weighted by Crippen LogP contribution is 2.30. The minimum Gasteiger partial charge on any atom is -0.478 e. The van der Waals surface area contributed by atoms with Crippen LogP contribution in [-0.2, 0) is 0 Å². The van der Waals surface area contributed by atoms with Crippen molar-refractivity contribution < 1.29 is 14.4 Å². The van der Waals surface area contributed by atoms with Crippen LogP contribution in [0, 0.1) is 5.92 Å². The second-order valence-electron chi connectivity index (χ2n) is 7.80. The predicted molar refractivity (Wildman–Crippen MR) is 124 cm³/mol. The number of benzene rings is 3. The molecule has 4 rings (SSSR count). The fourth-order valence-corrected chi connectivity index (χ4v) is 3.56. The first kappa shape index (κ1) is 21.3. The summed E-state index contributed by atoms with van der Waals surface area (Å²) in [6, 6.07) is 24.7. The number of anilines is 1. The van der Waals surface area contributed by atoms with Crippen molar-refractivity contribution in [2.24, 2.45) is 5.92 Å². The van der Waals surface area contributed by atoms with Crippen LogP contribution in [0.3, 0.4) is 0 Å². The Bertz CT molecular complexity index is 1170. The highest BCUT2D eigenvalue weighted by atomic mass is 16.5. The molecule has 0 aliphatic heterocycles. The second kappa shape index (κ2) is 9.47. The van der Waals surface area contributed by atoms with Crippen LogP contribution < -0.4 is 5.32 Å². The molecule has 1 unspecified atom stereocenters. The Morgan fingerprint density at radius 1 is 0.969 bits per heavy atom. The van der Waals surface area contributed by atoms with Gasteiger partial charge in [-0.25, -0.2) is 4.79 Å². The number of aromatic nitrogens is 2. The summed E-state index contributed by atoms with van der Waals surface area (Å²) in [5.41, 5.74) is 4.06. The zero-order chi connectivity index (χ0) is 22.5. The van der Waals surface area contributed by atoms with E-state index in [-0.39, 0.29) is 11.6 Å². The smallest absolute Gasteiger partial charge is 0.335 e. The van der Waals surface area contributed by atoms with Gasteiger partial charge in [-0.1, -0.05) is 67.9 Å². The minimum atomic E-state index is -0.928. The molecule has 32 heavy (non-hydrogen) atoms. The summed E-state index contributed by atoms with van der Waals surface area (Å²) >= 11 is 0. The molecule has 0 aliphatic rings. The lowest BCUT2D eigenvalue weighted by Gasteiger charge is -2.26. The third kappa shape index (κ3) is 4.70. The number of carboxylic acid groups (broad SMARTS) is 1. The molecule has 0 saturated heterocycles. The third-order valence-corrected chi connectivity index (χ3v) is 5.64. The van der Waals surface area contributed by atoms with Gasteiger partial charge in [0.15, 0.2) is 0 Å². The van der Waals surface area contributed by atoms with E-state index < -0.39 is 5.97 Å². The molecule has 0 fully saturated rings. The van der Waals surface area contributed by atoms with Gasteiger partial charge in [0, 0.05) is 16.8 Å². The lowest BCUT2D eigenvalue weighted by atomic mass is 9.91. The molecule has 1 heterocycles. The van der Waals surface area contributed by atoms with Crippen LogP contribution in [0.4, 0.5) is 5.69 Å². The fraction of sp³-hybridized carbons (Fsp3) is 0.192. The van der Waals surface area contributed by atoms with E-state index in [4.69, 9.17) is 9.63 Å². The molecule has 0 spiro atoms. The van der Waals surface area contributed by atoms with Crippen molar-refractivity contribution in [3.63, 3.8) is 0 Å². The number of nitrogens with zero attached hydrogens (tertiary/aromatic N) is 2. The topological polar surface area (TPSA) is 88.2 Å². The van der Waals surface area contributed by atoms with Gasteiger partial charge in [0.05, 0.1) is 11.6 Å². The van der Waals surface area contributed by atoms with E-state index in [9.17, 15) is 4.79 Å². The lowest BCUT2D eigenvalue weighted by Crippen LogP contribution is -2.18. The van der Waals surface area contributed by atoms with Crippen molar-refractivity contribution in [3.05, 3.63) is 90.0 Å². The molecular weight excluding hydrogens is 402 g/mol. The monoisotopic (exact) mass is 427 g/mol. The van der Waals surface area contributed by atoms with Crippen LogP contribution in [0.5, 0.6) is 0 Å². The maximum Gasteiger partial charge on any atom is 0.335 e. The van der Waals surface area contributed by atoms with Gasteiger partial charge in [-0.15, -0.1) is 0 Å². The third-order valence-electron chi connectivity index (χ3n) is 5.64. The number of rotatable bonds is 8. The van der Waals surface area contributed by atoms with Gasteiger partial charge in [0.25, 0.3) is 5.89 Å². The Kier molecular flexibility index (Phi) is 6.31. The summed E-state index contributed by atoms with van der Waals surface area (Å²) < 4.78 is 5.43. The normalized spacial score (nSPS) is 12.8. The largest absolute Gasteiger partial charge is 0.478 e. The molecule has 4 aromatic rings. The fourth-order valence-electron chi connectivity index (χ4n) is 3.56. The van der Waals surface area contributed by atoms with E-state index in [0.717, 1.165) is 28.8 Å². The first-order chi connectivity index (χ1) is 15.5. The maximum absolute atomic E-state index is 11.1. The zero-order valence-electron chi connectivity index (χ0n) is 18.0. The van der Waals surface area contributed by atoms with Gasteiger partial charge in [0.2, 0.25) is 5.82 Å². The van der Waals surface area contributed by atoms with E-state index in [0.29, 0.717) is 17.6 Å². The number of aromatic carboxylic acids is 1. The van der Waals surface area contributed by atoms with Crippen LogP contribution in [0.2, 0.25) is 0 Å². The number of carboxylic acids is 1. The standard InChI is InChI=1S/C26H25N3O3/c1-3-17(2)23(27-22-15-13-21(14-16-22)26(30)31)18-9-11-19(12-10-18)24-28-25(32-29-24)20-7-5-4-6-8-20/h4-17,23,27H,3H2,1-2H3,(H,30,31)/t17?,23-/m0/s1. The van der Waals surface area contributed by atoms with Crippen LogP contribution in [-0.4, -0.2) is 21.2 Å². The predicted octanol–water partition coefficient (Wildman–Crippen LogP) is 6.30. The highest BCUT2D eigenvalue weighted by molar-refractivity contribution is 5.88.